The molecule has 0 radical (unpaired) electrons. The van der Waals surface area contributed by atoms with Crippen LogP contribution >= 0.6 is 0 Å². The monoisotopic (exact) mass is 402 g/mol. The van der Waals surface area contributed by atoms with Gasteiger partial charge in [-0.1, -0.05) is 13.5 Å². The number of nitrogens with one attached hydrogen (secondary N) is 2. The minimum atomic E-state index is -1.50. The number of halogens is 3. The van der Waals surface area contributed by atoms with Gasteiger partial charge in [-0.3, -0.25) is 4.79 Å². The maximum Gasteiger partial charge on any atom is 0.256 e. The number of aromatic nitrogens is 2. The summed E-state index contributed by atoms with van der Waals surface area (Å²) < 4.78 is 41.2. The molecule has 2 N–H and O–H groups in total. The molecule has 2 heterocycles. The summed E-state index contributed by atoms with van der Waals surface area (Å²) in [5.74, 6) is -3.96. The van der Waals surface area contributed by atoms with Crippen LogP contribution in [0.25, 0.3) is 0 Å². The molecule has 4 rings (SSSR count). The molecule has 0 unspecified atom stereocenters. The highest BCUT2D eigenvalue weighted by molar-refractivity contribution is 6.03. The van der Waals surface area contributed by atoms with Gasteiger partial charge in [0.1, 0.15) is 0 Å². The highest BCUT2D eigenvalue weighted by Gasteiger charge is 2.14. The van der Waals surface area contributed by atoms with Crippen LogP contribution in [0.3, 0.4) is 0 Å². The van der Waals surface area contributed by atoms with Crippen LogP contribution in [-0.2, 0) is 19.5 Å². The Morgan fingerprint density at radius 3 is 2.66 bits per heavy atom. The molecular weight excluding hydrogens is 381 g/mol. The number of fused-ring (bicyclic) bond motifs is 1. The first kappa shape index (κ1) is 20.6. The van der Waals surface area contributed by atoms with Gasteiger partial charge < -0.3 is 15.2 Å². The van der Waals surface area contributed by atoms with Gasteiger partial charge in [0.15, 0.2) is 23.3 Å². The largest absolute Gasteiger partial charge is 0.331 e. The Balaban J connectivity index is 0.00000240. The van der Waals surface area contributed by atoms with E-state index in [1.54, 1.807) is 16.8 Å². The fraction of sp³-hybridized carbons (Fsp3) is 0.238. The summed E-state index contributed by atoms with van der Waals surface area (Å²) in [5, 5.41) is 5.99. The molecule has 152 valence electrons. The number of imidazole rings is 1. The van der Waals surface area contributed by atoms with Crippen LogP contribution in [0.5, 0.6) is 0 Å². The van der Waals surface area contributed by atoms with E-state index in [1.807, 2.05) is 12.1 Å². The molecular formula is C21H21F3N4O. The molecule has 3 aromatic rings. The first-order chi connectivity index (χ1) is 13.5. The van der Waals surface area contributed by atoms with Gasteiger partial charge in [0.05, 0.1) is 6.33 Å². The van der Waals surface area contributed by atoms with Gasteiger partial charge in [-0.25, -0.2) is 18.2 Å². The lowest BCUT2D eigenvalue weighted by Crippen LogP contribution is -2.24. The number of carbonyl (C=O) groups excluding carboxylic acids is 1. The van der Waals surface area contributed by atoms with E-state index in [2.05, 4.69) is 15.6 Å². The molecule has 1 aliphatic rings. The molecule has 0 fully saturated rings. The molecule has 0 aliphatic carbocycles. The van der Waals surface area contributed by atoms with Crippen molar-refractivity contribution in [2.24, 2.45) is 0 Å². The minimum Gasteiger partial charge on any atom is -0.331 e. The average Bonchev–Trinajstić information content (AvgIpc) is 3.12. The third-order valence-electron chi connectivity index (χ3n) is 4.64. The van der Waals surface area contributed by atoms with Crippen LogP contribution in [0, 0.1) is 17.5 Å². The van der Waals surface area contributed by atoms with Crippen LogP contribution in [0.15, 0.2) is 42.9 Å². The minimum absolute atomic E-state index is 0. The fourth-order valence-corrected chi connectivity index (χ4v) is 3.23. The number of amides is 1. The van der Waals surface area contributed by atoms with Gasteiger partial charge in [-0.2, -0.15) is 0 Å². The summed E-state index contributed by atoms with van der Waals surface area (Å²) in [7, 11) is 0. The molecule has 8 heteroatoms. The highest BCUT2D eigenvalue weighted by Crippen LogP contribution is 2.18. The van der Waals surface area contributed by atoms with Gasteiger partial charge in [0.2, 0.25) is 0 Å². The van der Waals surface area contributed by atoms with Crippen molar-refractivity contribution >= 4 is 11.7 Å². The van der Waals surface area contributed by atoms with Crippen molar-refractivity contribution in [3.63, 3.8) is 0 Å². The second kappa shape index (κ2) is 8.48. The number of anilines is 1. The summed E-state index contributed by atoms with van der Waals surface area (Å²) in [6, 6.07) is 7.44. The van der Waals surface area contributed by atoms with Gasteiger partial charge in [0, 0.05) is 24.8 Å². The highest BCUT2D eigenvalue weighted by atomic mass is 19.2. The first-order valence-electron chi connectivity index (χ1n) is 8.78. The summed E-state index contributed by atoms with van der Waals surface area (Å²) in [6.45, 7) is 1.77. The molecule has 5 nitrogen and oxygen atoms in total. The van der Waals surface area contributed by atoms with E-state index in [9.17, 15) is 18.0 Å². The Morgan fingerprint density at radius 2 is 1.90 bits per heavy atom. The fourth-order valence-electron chi connectivity index (χ4n) is 3.23. The molecule has 1 amide bonds. The van der Waals surface area contributed by atoms with Gasteiger partial charge in [-0.05, 0) is 53.9 Å². The molecule has 0 atom stereocenters. The zero-order valence-electron chi connectivity index (χ0n) is 14.8. The predicted molar refractivity (Wildman–Crippen MR) is 104 cm³/mol. The SMILES string of the molecule is C.O=C(Nc1cn(Cc2cc(F)c(F)c(F)c2)cn1)c1ccc2c(c1)CCNC2. The molecule has 0 saturated heterocycles. The third kappa shape index (κ3) is 4.48. The van der Waals surface area contributed by atoms with Crippen molar-refractivity contribution in [1.29, 1.82) is 0 Å². The van der Waals surface area contributed by atoms with E-state index in [1.165, 1.54) is 11.9 Å². The Hall–Kier alpha value is -3.13. The number of carbonyl (C=O) groups is 1. The van der Waals surface area contributed by atoms with E-state index in [-0.39, 0.29) is 25.4 Å². The molecule has 29 heavy (non-hydrogen) atoms. The van der Waals surface area contributed by atoms with E-state index >= 15 is 0 Å². The molecule has 0 saturated carbocycles. The van der Waals surface area contributed by atoms with Crippen molar-refractivity contribution in [2.45, 2.75) is 26.9 Å². The Kier molecular flexibility index (Phi) is 6.03. The van der Waals surface area contributed by atoms with Crippen LogP contribution in [0.1, 0.15) is 34.5 Å². The Bertz CT molecular complexity index is 1030. The standard InChI is InChI=1S/C20H17F3N4O.CH4/c21-16-5-12(6-17(22)19(16)23)9-27-10-18(25-11-27)26-20(28)14-1-2-15-8-24-4-3-13(15)7-14;/h1-2,5-7,10-11,24H,3-4,8-9H2,(H,26,28);1H4. The smallest absolute Gasteiger partial charge is 0.256 e. The average molecular weight is 402 g/mol. The summed E-state index contributed by atoms with van der Waals surface area (Å²) in [6.07, 6.45) is 3.84. The lowest BCUT2D eigenvalue weighted by Gasteiger charge is -2.17. The van der Waals surface area contributed by atoms with Crippen molar-refractivity contribution in [3.8, 4) is 0 Å². The van der Waals surface area contributed by atoms with Crippen molar-refractivity contribution in [3.05, 3.63) is 82.6 Å². The number of hydrogen-bond donors (Lipinski definition) is 2. The van der Waals surface area contributed by atoms with E-state index in [4.69, 9.17) is 0 Å². The third-order valence-corrected chi connectivity index (χ3v) is 4.64. The second-order valence-electron chi connectivity index (χ2n) is 6.67. The maximum absolute atomic E-state index is 13.3. The van der Waals surface area contributed by atoms with Crippen molar-refractivity contribution in [1.82, 2.24) is 14.9 Å². The Morgan fingerprint density at radius 1 is 1.14 bits per heavy atom. The lowest BCUT2D eigenvalue weighted by molar-refractivity contribution is 0.102. The van der Waals surface area contributed by atoms with E-state index in [0.29, 0.717) is 11.4 Å². The van der Waals surface area contributed by atoms with Crippen LogP contribution < -0.4 is 10.6 Å². The van der Waals surface area contributed by atoms with Gasteiger partial charge >= 0.3 is 0 Å². The van der Waals surface area contributed by atoms with Crippen molar-refractivity contribution in [2.75, 3.05) is 11.9 Å². The second-order valence-corrected chi connectivity index (χ2v) is 6.67. The van der Waals surface area contributed by atoms with Gasteiger partial charge in [0.25, 0.3) is 5.91 Å². The number of benzene rings is 2. The molecule has 1 aliphatic heterocycles. The summed E-state index contributed by atoms with van der Waals surface area (Å²) in [4.78, 5) is 16.6. The van der Waals surface area contributed by atoms with Crippen molar-refractivity contribution < 1.29 is 18.0 Å². The number of rotatable bonds is 4. The topological polar surface area (TPSA) is 59.0 Å². The molecule has 2 aromatic carbocycles. The summed E-state index contributed by atoms with van der Waals surface area (Å²) >= 11 is 0. The van der Waals surface area contributed by atoms with Crippen LogP contribution in [-0.4, -0.2) is 22.0 Å². The molecule has 1 aromatic heterocycles. The summed E-state index contributed by atoms with van der Waals surface area (Å²) in [5.41, 5.74) is 3.12. The zero-order chi connectivity index (χ0) is 19.7. The number of hydrogen-bond acceptors (Lipinski definition) is 3. The normalized spacial score (nSPS) is 12.8. The van der Waals surface area contributed by atoms with E-state index in [0.717, 1.165) is 37.2 Å². The molecule has 0 bridgehead atoms. The maximum atomic E-state index is 13.3. The predicted octanol–water partition coefficient (Wildman–Crippen LogP) is 3.88. The Labute approximate surface area is 166 Å². The van der Waals surface area contributed by atoms with Crippen LogP contribution in [0.2, 0.25) is 0 Å². The zero-order valence-corrected chi connectivity index (χ0v) is 14.8. The number of nitrogens with zero attached hydrogens (tertiary/aromatic N) is 2. The lowest BCUT2D eigenvalue weighted by atomic mass is 9.98. The quantitative estimate of drug-likeness (QED) is 0.651. The molecule has 0 spiro atoms. The van der Waals surface area contributed by atoms with Crippen LogP contribution in [0.4, 0.5) is 19.0 Å². The van der Waals surface area contributed by atoms with Gasteiger partial charge in [-0.15, -0.1) is 0 Å². The van der Waals surface area contributed by atoms with E-state index < -0.39 is 17.5 Å². The first-order valence-corrected chi connectivity index (χ1v) is 8.78.